The van der Waals surface area contributed by atoms with E-state index in [-0.39, 0.29) is 5.91 Å². The third-order valence-corrected chi connectivity index (χ3v) is 5.24. The van der Waals surface area contributed by atoms with Gasteiger partial charge in [0, 0.05) is 31.9 Å². The third-order valence-electron chi connectivity index (χ3n) is 4.42. The van der Waals surface area contributed by atoms with Gasteiger partial charge in [-0.05, 0) is 30.7 Å². The number of hydrogen-bond donors (Lipinski definition) is 1. The molecular formula is C19H21Cl2N3O. The Labute approximate surface area is 158 Å². The summed E-state index contributed by atoms with van der Waals surface area (Å²) in [5, 5.41) is 3.65. The highest BCUT2D eigenvalue weighted by Gasteiger charge is 2.20. The molecule has 0 saturated carbocycles. The predicted octanol–water partition coefficient (Wildman–Crippen LogP) is 4.06. The molecule has 0 radical (unpaired) electrons. The Morgan fingerprint density at radius 2 is 1.76 bits per heavy atom. The first kappa shape index (κ1) is 18.1. The number of halogens is 2. The topological polar surface area (TPSA) is 35.6 Å². The Hall–Kier alpha value is -1.75. The number of anilines is 2. The maximum Gasteiger partial charge on any atom is 0.238 e. The molecule has 1 heterocycles. The summed E-state index contributed by atoms with van der Waals surface area (Å²) in [6, 6.07) is 13.6. The molecule has 1 saturated heterocycles. The highest BCUT2D eigenvalue weighted by molar-refractivity contribution is 6.44. The minimum absolute atomic E-state index is 0.0755. The second-order valence-corrected chi connectivity index (χ2v) is 6.98. The van der Waals surface area contributed by atoms with Crippen LogP contribution in [0, 0.1) is 6.92 Å². The number of benzene rings is 2. The molecule has 0 unspecified atom stereocenters. The van der Waals surface area contributed by atoms with Crippen LogP contribution in [0.15, 0.2) is 42.5 Å². The minimum atomic E-state index is -0.0755. The van der Waals surface area contributed by atoms with E-state index < -0.39 is 0 Å². The number of nitrogens with zero attached hydrogens (tertiary/aromatic N) is 2. The fourth-order valence-electron chi connectivity index (χ4n) is 3.06. The Balaban J connectivity index is 1.53. The summed E-state index contributed by atoms with van der Waals surface area (Å²) in [7, 11) is 0. The van der Waals surface area contributed by atoms with E-state index in [1.165, 1.54) is 11.3 Å². The van der Waals surface area contributed by atoms with Crippen LogP contribution in [0.4, 0.5) is 11.4 Å². The average molecular weight is 378 g/mol. The van der Waals surface area contributed by atoms with E-state index >= 15 is 0 Å². The summed E-state index contributed by atoms with van der Waals surface area (Å²) in [5.74, 6) is -0.0755. The Morgan fingerprint density at radius 3 is 2.48 bits per heavy atom. The minimum Gasteiger partial charge on any atom is -0.369 e. The van der Waals surface area contributed by atoms with Gasteiger partial charge in [-0.1, -0.05) is 47.5 Å². The van der Waals surface area contributed by atoms with Gasteiger partial charge in [0.2, 0.25) is 5.91 Å². The van der Waals surface area contributed by atoms with Crippen LogP contribution in [-0.2, 0) is 4.79 Å². The van der Waals surface area contributed by atoms with Crippen molar-refractivity contribution in [1.82, 2.24) is 4.90 Å². The number of para-hydroxylation sites is 1. The van der Waals surface area contributed by atoms with E-state index in [9.17, 15) is 4.79 Å². The molecular weight excluding hydrogens is 357 g/mol. The zero-order chi connectivity index (χ0) is 17.8. The Morgan fingerprint density at radius 1 is 1.04 bits per heavy atom. The van der Waals surface area contributed by atoms with E-state index in [2.05, 4.69) is 46.3 Å². The largest absolute Gasteiger partial charge is 0.369 e. The molecule has 0 spiro atoms. The first-order chi connectivity index (χ1) is 12.0. The molecule has 1 N–H and O–H groups in total. The molecule has 0 aliphatic carbocycles. The fourth-order valence-corrected chi connectivity index (χ4v) is 3.41. The van der Waals surface area contributed by atoms with Crippen LogP contribution in [-0.4, -0.2) is 43.5 Å². The van der Waals surface area contributed by atoms with Crippen LogP contribution in [0.25, 0.3) is 0 Å². The summed E-state index contributed by atoms with van der Waals surface area (Å²) in [6.07, 6.45) is 0. The molecule has 4 nitrogen and oxygen atoms in total. The van der Waals surface area contributed by atoms with Crippen molar-refractivity contribution in [2.75, 3.05) is 42.9 Å². The van der Waals surface area contributed by atoms with Gasteiger partial charge in [-0.25, -0.2) is 0 Å². The van der Waals surface area contributed by atoms with E-state index in [4.69, 9.17) is 23.2 Å². The zero-order valence-corrected chi connectivity index (χ0v) is 15.6. The summed E-state index contributed by atoms with van der Waals surface area (Å²) in [4.78, 5) is 16.8. The first-order valence-electron chi connectivity index (χ1n) is 8.31. The smallest absolute Gasteiger partial charge is 0.238 e. The van der Waals surface area contributed by atoms with Crippen LogP contribution in [0.5, 0.6) is 0 Å². The molecule has 0 aromatic heterocycles. The number of piperazine rings is 1. The van der Waals surface area contributed by atoms with Gasteiger partial charge in [0.25, 0.3) is 0 Å². The maximum absolute atomic E-state index is 12.3. The van der Waals surface area contributed by atoms with E-state index in [1.54, 1.807) is 18.2 Å². The van der Waals surface area contributed by atoms with Crippen LogP contribution in [0.2, 0.25) is 10.0 Å². The molecule has 0 bridgehead atoms. The van der Waals surface area contributed by atoms with E-state index in [0.29, 0.717) is 22.3 Å². The second-order valence-electron chi connectivity index (χ2n) is 6.20. The Kier molecular flexibility index (Phi) is 5.84. The molecule has 6 heteroatoms. The van der Waals surface area contributed by atoms with Crippen molar-refractivity contribution in [3.05, 3.63) is 58.1 Å². The monoisotopic (exact) mass is 377 g/mol. The normalized spacial score (nSPS) is 15.2. The van der Waals surface area contributed by atoms with Crippen LogP contribution in [0.3, 0.4) is 0 Å². The molecule has 1 aliphatic rings. The number of amides is 1. The van der Waals surface area contributed by atoms with Crippen molar-refractivity contribution in [3.63, 3.8) is 0 Å². The van der Waals surface area contributed by atoms with Gasteiger partial charge in [-0.15, -0.1) is 0 Å². The van der Waals surface area contributed by atoms with Crippen molar-refractivity contribution >= 4 is 40.5 Å². The number of nitrogens with one attached hydrogen (secondary N) is 1. The molecule has 2 aromatic carbocycles. The molecule has 1 amide bonds. The van der Waals surface area contributed by atoms with Gasteiger partial charge in [-0.2, -0.15) is 0 Å². The standard InChI is InChI=1S/C19H21Cl2N3O/c1-14-5-2-3-8-17(14)24-11-9-23(10-12-24)13-18(25)22-16-7-4-6-15(20)19(16)21/h2-8H,9-13H2,1H3,(H,22,25). The second kappa shape index (κ2) is 8.09. The Bertz CT molecular complexity index is 758. The fraction of sp³-hybridized carbons (Fsp3) is 0.316. The summed E-state index contributed by atoms with van der Waals surface area (Å²) >= 11 is 12.1. The van der Waals surface area contributed by atoms with E-state index in [0.717, 1.165) is 26.2 Å². The van der Waals surface area contributed by atoms with Crippen molar-refractivity contribution in [1.29, 1.82) is 0 Å². The van der Waals surface area contributed by atoms with Crippen molar-refractivity contribution in [3.8, 4) is 0 Å². The molecule has 1 aliphatic heterocycles. The number of hydrogen-bond acceptors (Lipinski definition) is 3. The lowest BCUT2D eigenvalue weighted by Crippen LogP contribution is -2.48. The zero-order valence-electron chi connectivity index (χ0n) is 14.1. The summed E-state index contributed by atoms with van der Waals surface area (Å²) in [6.45, 7) is 6.01. The predicted molar refractivity (Wildman–Crippen MR) is 105 cm³/mol. The van der Waals surface area contributed by atoms with Crippen molar-refractivity contribution in [2.24, 2.45) is 0 Å². The lowest BCUT2D eigenvalue weighted by molar-refractivity contribution is -0.117. The highest BCUT2D eigenvalue weighted by atomic mass is 35.5. The van der Waals surface area contributed by atoms with Gasteiger partial charge in [-0.3, -0.25) is 9.69 Å². The average Bonchev–Trinajstić information content (AvgIpc) is 2.60. The number of rotatable bonds is 4. The molecule has 132 valence electrons. The van der Waals surface area contributed by atoms with Gasteiger partial charge in [0.05, 0.1) is 22.3 Å². The molecule has 25 heavy (non-hydrogen) atoms. The molecule has 3 rings (SSSR count). The SMILES string of the molecule is Cc1ccccc1N1CCN(CC(=O)Nc2cccc(Cl)c2Cl)CC1. The molecule has 0 atom stereocenters. The first-order valence-corrected chi connectivity index (χ1v) is 9.07. The van der Waals surface area contributed by atoms with Gasteiger partial charge in [0.1, 0.15) is 0 Å². The van der Waals surface area contributed by atoms with Crippen molar-refractivity contribution in [2.45, 2.75) is 6.92 Å². The number of carbonyl (C=O) groups excluding carboxylic acids is 1. The van der Waals surface area contributed by atoms with E-state index in [1.807, 2.05) is 0 Å². The van der Waals surface area contributed by atoms with Crippen molar-refractivity contribution < 1.29 is 4.79 Å². The quantitative estimate of drug-likeness (QED) is 0.872. The van der Waals surface area contributed by atoms with Crippen LogP contribution < -0.4 is 10.2 Å². The van der Waals surface area contributed by atoms with Gasteiger partial charge in [0.15, 0.2) is 0 Å². The number of carbonyl (C=O) groups is 1. The maximum atomic E-state index is 12.3. The molecule has 2 aromatic rings. The van der Waals surface area contributed by atoms with Gasteiger partial charge >= 0.3 is 0 Å². The number of aryl methyl sites for hydroxylation is 1. The lowest BCUT2D eigenvalue weighted by atomic mass is 10.1. The van der Waals surface area contributed by atoms with Crippen LogP contribution in [0.1, 0.15) is 5.56 Å². The summed E-state index contributed by atoms with van der Waals surface area (Å²) < 4.78 is 0. The molecule has 1 fully saturated rings. The highest BCUT2D eigenvalue weighted by Crippen LogP contribution is 2.29. The van der Waals surface area contributed by atoms with Crippen LogP contribution >= 0.6 is 23.2 Å². The lowest BCUT2D eigenvalue weighted by Gasteiger charge is -2.36. The summed E-state index contributed by atoms with van der Waals surface area (Å²) in [5.41, 5.74) is 3.11. The third kappa shape index (κ3) is 4.46. The van der Waals surface area contributed by atoms with Gasteiger partial charge < -0.3 is 10.2 Å².